The highest BCUT2D eigenvalue weighted by atomic mass is 127. The van der Waals surface area contributed by atoms with Gasteiger partial charge in [-0.25, -0.2) is 0 Å². The number of nitrogens with one attached hydrogen (secondary N) is 1. The van der Waals surface area contributed by atoms with E-state index in [4.69, 9.17) is 9.47 Å². The Morgan fingerprint density at radius 3 is 2.39 bits per heavy atom. The van der Waals surface area contributed by atoms with Crippen molar-refractivity contribution in [3.63, 3.8) is 0 Å². The van der Waals surface area contributed by atoms with Gasteiger partial charge in [-0.05, 0) is 47.5 Å². The van der Waals surface area contributed by atoms with Crippen molar-refractivity contribution < 1.29 is 14.3 Å². The molecule has 0 fully saturated rings. The largest absolute Gasteiger partial charge is 0.376 e. The Morgan fingerprint density at radius 2 is 1.83 bits per heavy atom. The van der Waals surface area contributed by atoms with E-state index in [0.29, 0.717) is 29.4 Å². The van der Waals surface area contributed by atoms with Crippen molar-refractivity contribution >= 4 is 40.3 Å². The van der Waals surface area contributed by atoms with Crippen LogP contribution in [0.4, 0.5) is 0 Å². The predicted octanol–water partition coefficient (Wildman–Crippen LogP) is 4.05. The SMILES string of the molecule is C[C@@H](I)CSCC(=O)NCCCOC(C)(C)CCOC(C)(C)C. The van der Waals surface area contributed by atoms with Gasteiger partial charge in [0.25, 0.3) is 0 Å². The second-order valence-electron chi connectivity index (χ2n) is 7.32. The quantitative estimate of drug-likeness (QED) is 0.272. The Hall–Kier alpha value is 0.470. The van der Waals surface area contributed by atoms with Crippen LogP contribution < -0.4 is 5.32 Å². The normalized spacial score (nSPS) is 13.9. The van der Waals surface area contributed by atoms with E-state index in [1.54, 1.807) is 11.8 Å². The zero-order valence-corrected chi connectivity index (χ0v) is 18.5. The van der Waals surface area contributed by atoms with Gasteiger partial charge in [-0.2, -0.15) is 11.8 Å². The number of carbonyl (C=O) groups excluding carboxylic acids is 1. The van der Waals surface area contributed by atoms with Gasteiger partial charge in [-0.1, -0.05) is 29.5 Å². The van der Waals surface area contributed by atoms with Crippen molar-refractivity contribution in [2.75, 3.05) is 31.3 Å². The van der Waals surface area contributed by atoms with Crippen LogP contribution in [-0.4, -0.2) is 52.3 Å². The number of halogens is 1. The van der Waals surface area contributed by atoms with E-state index in [-0.39, 0.29) is 17.1 Å². The standard InChI is InChI=1S/C17H34INO3S/c1-14(18)12-23-13-15(20)19-9-7-10-22-17(5,6)8-11-21-16(2,3)4/h14H,7-13H2,1-6H3,(H,19,20)/t14-/m1/s1. The van der Waals surface area contributed by atoms with E-state index in [9.17, 15) is 4.79 Å². The molecular weight excluding hydrogens is 425 g/mol. The maximum atomic E-state index is 11.6. The second kappa shape index (κ2) is 11.9. The first-order valence-electron chi connectivity index (χ1n) is 8.28. The molecule has 0 rings (SSSR count). The van der Waals surface area contributed by atoms with Gasteiger partial charge < -0.3 is 14.8 Å². The molecule has 0 aliphatic heterocycles. The molecule has 0 aliphatic rings. The lowest BCUT2D eigenvalue weighted by Crippen LogP contribution is -2.31. The van der Waals surface area contributed by atoms with Crippen molar-refractivity contribution in [1.82, 2.24) is 5.32 Å². The molecule has 0 heterocycles. The van der Waals surface area contributed by atoms with Gasteiger partial charge in [0.2, 0.25) is 5.91 Å². The van der Waals surface area contributed by atoms with Crippen LogP contribution in [-0.2, 0) is 14.3 Å². The van der Waals surface area contributed by atoms with Crippen molar-refractivity contribution in [1.29, 1.82) is 0 Å². The van der Waals surface area contributed by atoms with E-state index < -0.39 is 0 Å². The minimum Gasteiger partial charge on any atom is -0.376 e. The topological polar surface area (TPSA) is 47.6 Å². The van der Waals surface area contributed by atoms with Gasteiger partial charge in [0, 0.05) is 29.4 Å². The number of carbonyl (C=O) groups is 1. The third-order valence-electron chi connectivity index (χ3n) is 2.96. The highest BCUT2D eigenvalue weighted by Crippen LogP contribution is 2.17. The summed E-state index contributed by atoms with van der Waals surface area (Å²) in [5.74, 6) is 1.68. The van der Waals surface area contributed by atoms with Crippen molar-refractivity contribution in [2.24, 2.45) is 0 Å². The molecule has 0 unspecified atom stereocenters. The number of amides is 1. The van der Waals surface area contributed by atoms with Crippen LogP contribution >= 0.6 is 34.4 Å². The molecule has 1 amide bonds. The number of ether oxygens (including phenoxy) is 2. The van der Waals surface area contributed by atoms with Crippen molar-refractivity contribution in [3.05, 3.63) is 0 Å². The molecule has 23 heavy (non-hydrogen) atoms. The summed E-state index contributed by atoms with van der Waals surface area (Å²) < 4.78 is 12.2. The molecule has 0 aromatic carbocycles. The minimum atomic E-state index is -0.193. The fraction of sp³-hybridized carbons (Fsp3) is 0.941. The summed E-state index contributed by atoms with van der Waals surface area (Å²) in [7, 11) is 0. The van der Waals surface area contributed by atoms with Crippen molar-refractivity contribution in [3.8, 4) is 0 Å². The summed E-state index contributed by atoms with van der Waals surface area (Å²) in [4.78, 5) is 11.6. The first-order chi connectivity index (χ1) is 10.5. The molecule has 4 nitrogen and oxygen atoms in total. The van der Waals surface area contributed by atoms with Gasteiger partial charge in [-0.3, -0.25) is 4.79 Å². The molecule has 138 valence electrons. The van der Waals surface area contributed by atoms with Crippen LogP contribution in [0.15, 0.2) is 0 Å². The Labute approximate surface area is 160 Å². The summed E-state index contributed by atoms with van der Waals surface area (Å²) in [6.07, 6.45) is 1.70. The Bertz CT molecular complexity index is 330. The smallest absolute Gasteiger partial charge is 0.229 e. The van der Waals surface area contributed by atoms with E-state index in [0.717, 1.165) is 18.6 Å². The van der Waals surface area contributed by atoms with Crippen LogP contribution in [0.2, 0.25) is 0 Å². The third kappa shape index (κ3) is 17.1. The molecule has 0 saturated heterocycles. The monoisotopic (exact) mass is 459 g/mol. The lowest BCUT2D eigenvalue weighted by Gasteiger charge is -2.28. The first-order valence-corrected chi connectivity index (χ1v) is 10.7. The fourth-order valence-electron chi connectivity index (χ4n) is 1.69. The molecule has 0 saturated carbocycles. The highest BCUT2D eigenvalue weighted by molar-refractivity contribution is 14.1. The molecular formula is C17H34INO3S. The third-order valence-corrected chi connectivity index (χ3v) is 5.20. The van der Waals surface area contributed by atoms with E-state index in [1.165, 1.54) is 0 Å². The van der Waals surface area contributed by atoms with Gasteiger partial charge in [0.05, 0.1) is 17.0 Å². The number of hydrogen-bond acceptors (Lipinski definition) is 4. The summed E-state index contributed by atoms with van der Waals surface area (Å²) in [6, 6.07) is 0. The summed E-state index contributed by atoms with van der Waals surface area (Å²) in [5, 5.41) is 2.94. The van der Waals surface area contributed by atoms with Crippen LogP contribution in [0.5, 0.6) is 0 Å². The van der Waals surface area contributed by atoms with Crippen LogP contribution in [0.25, 0.3) is 0 Å². The van der Waals surface area contributed by atoms with Crippen LogP contribution in [0, 0.1) is 0 Å². The van der Waals surface area contributed by atoms with Crippen LogP contribution in [0.1, 0.15) is 54.4 Å². The zero-order chi connectivity index (χ0) is 17.9. The number of hydrogen-bond donors (Lipinski definition) is 1. The van der Waals surface area contributed by atoms with Gasteiger partial charge in [0.1, 0.15) is 0 Å². The average Bonchev–Trinajstić information content (AvgIpc) is 2.35. The van der Waals surface area contributed by atoms with E-state index >= 15 is 0 Å². The Balaban J connectivity index is 3.63. The molecule has 0 spiro atoms. The van der Waals surface area contributed by atoms with Gasteiger partial charge in [0.15, 0.2) is 0 Å². The Morgan fingerprint density at radius 1 is 1.17 bits per heavy atom. The predicted molar refractivity (Wildman–Crippen MR) is 109 cm³/mol. The first kappa shape index (κ1) is 23.5. The van der Waals surface area contributed by atoms with Crippen LogP contribution in [0.3, 0.4) is 0 Å². The number of rotatable bonds is 12. The van der Waals surface area contributed by atoms with E-state index in [1.807, 2.05) is 0 Å². The van der Waals surface area contributed by atoms with Gasteiger partial charge >= 0.3 is 0 Å². The Kier molecular flexibility index (Phi) is 12.2. The fourth-order valence-corrected chi connectivity index (χ4v) is 3.18. The molecule has 6 heteroatoms. The number of alkyl halides is 1. The summed E-state index contributed by atoms with van der Waals surface area (Å²) >= 11 is 4.06. The molecule has 1 N–H and O–H groups in total. The summed E-state index contributed by atoms with van der Waals surface area (Å²) in [6.45, 7) is 14.5. The molecule has 0 bridgehead atoms. The number of thioether (sulfide) groups is 1. The van der Waals surface area contributed by atoms with Crippen molar-refractivity contribution in [2.45, 2.75) is 69.5 Å². The average molecular weight is 459 g/mol. The van der Waals surface area contributed by atoms with E-state index in [2.05, 4.69) is 69.5 Å². The lowest BCUT2D eigenvalue weighted by molar-refractivity contribution is -0.118. The maximum absolute atomic E-state index is 11.6. The lowest BCUT2D eigenvalue weighted by atomic mass is 10.1. The minimum absolute atomic E-state index is 0.104. The highest BCUT2D eigenvalue weighted by Gasteiger charge is 2.20. The second-order valence-corrected chi connectivity index (χ2v) is 10.5. The van der Waals surface area contributed by atoms with Gasteiger partial charge in [-0.15, -0.1) is 0 Å². The molecule has 1 atom stereocenters. The molecule has 0 aliphatic carbocycles. The summed E-state index contributed by atoms with van der Waals surface area (Å²) in [5.41, 5.74) is -0.297. The maximum Gasteiger partial charge on any atom is 0.229 e. The molecule has 0 aromatic rings. The molecule has 0 radical (unpaired) electrons. The zero-order valence-electron chi connectivity index (χ0n) is 15.5. The molecule has 0 aromatic heterocycles.